The van der Waals surface area contributed by atoms with Crippen molar-refractivity contribution in [1.82, 2.24) is 15.1 Å². The number of carbonyl (C=O) groups excluding carboxylic acids is 2. The molecule has 1 aliphatic heterocycles. The predicted molar refractivity (Wildman–Crippen MR) is 113 cm³/mol. The lowest BCUT2D eigenvalue weighted by Gasteiger charge is -2.23. The van der Waals surface area contributed by atoms with Gasteiger partial charge in [0.2, 0.25) is 11.8 Å². The number of benzene rings is 2. The third-order valence-corrected chi connectivity index (χ3v) is 5.14. The van der Waals surface area contributed by atoms with Gasteiger partial charge in [0.15, 0.2) is 0 Å². The van der Waals surface area contributed by atoms with Gasteiger partial charge in [0.1, 0.15) is 23.4 Å². The van der Waals surface area contributed by atoms with Gasteiger partial charge in [-0.3, -0.25) is 14.7 Å². The molecule has 2 N–H and O–H groups in total. The van der Waals surface area contributed by atoms with Gasteiger partial charge >= 0.3 is 0 Å². The second-order valence-electron chi connectivity index (χ2n) is 7.53. The van der Waals surface area contributed by atoms with Crippen LogP contribution in [0.25, 0.3) is 0 Å². The van der Waals surface area contributed by atoms with Crippen LogP contribution in [0, 0.1) is 12.7 Å². The number of carbonyl (C=O) groups is 2. The third-order valence-electron chi connectivity index (χ3n) is 5.14. The van der Waals surface area contributed by atoms with E-state index in [4.69, 9.17) is 4.74 Å². The van der Waals surface area contributed by atoms with Crippen molar-refractivity contribution in [1.29, 1.82) is 0 Å². The number of aryl methyl sites for hydroxylation is 1. The van der Waals surface area contributed by atoms with Crippen LogP contribution in [-0.2, 0) is 16.0 Å². The maximum atomic E-state index is 13.0. The van der Waals surface area contributed by atoms with Crippen molar-refractivity contribution in [3.05, 3.63) is 71.8 Å². The van der Waals surface area contributed by atoms with Gasteiger partial charge in [-0.1, -0.05) is 0 Å². The average molecular weight is 422 g/mol. The minimum atomic E-state index is -0.498. The molecule has 160 valence electrons. The molecule has 1 aliphatic rings. The highest BCUT2D eigenvalue weighted by atomic mass is 19.1. The molecule has 1 atom stereocenters. The number of hydrogen-bond donors (Lipinski definition) is 2. The number of likely N-dealkylation sites (tertiary alicyclic amines) is 1. The normalized spacial score (nSPS) is 15.7. The largest absolute Gasteiger partial charge is 0.457 e. The first-order chi connectivity index (χ1) is 15.0. The highest BCUT2D eigenvalue weighted by Gasteiger charge is 2.34. The molecule has 1 unspecified atom stereocenters. The molecular formula is C23H23FN4O3. The van der Waals surface area contributed by atoms with Gasteiger partial charge in [-0.15, -0.1) is 0 Å². The average Bonchev–Trinajstić information content (AvgIpc) is 3.40. The number of aromatic amines is 1. The minimum absolute atomic E-state index is 0.104. The molecule has 4 rings (SSSR count). The Labute approximate surface area is 179 Å². The first-order valence-corrected chi connectivity index (χ1v) is 10.1. The molecule has 0 spiro atoms. The SMILES string of the molecule is Cc1cc(CC(=O)N2CCCC2C(=O)Nc2ccc(Oc3ccc(F)cc3)cc2)n[nH]1. The number of anilines is 1. The standard InChI is InChI=1S/C23H23FN4O3/c1-15-13-18(27-26-15)14-22(29)28-12-2-3-21(28)23(30)25-17-6-10-20(11-7-17)31-19-8-4-16(24)5-9-19/h4-11,13,21H,2-3,12,14H2,1H3,(H,25,30)(H,26,27). The number of nitrogens with one attached hydrogen (secondary N) is 2. The van der Waals surface area contributed by atoms with Crippen molar-refractivity contribution < 1.29 is 18.7 Å². The Morgan fingerprint density at radius 1 is 1.16 bits per heavy atom. The molecule has 8 heteroatoms. The molecule has 7 nitrogen and oxygen atoms in total. The van der Waals surface area contributed by atoms with Gasteiger partial charge in [-0.2, -0.15) is 5.10 Å². The molecule has 0 radical (unpaired) electrons. The summed E-state index contributed by atoms with van der Waals surface area (Å²) in [5.41, 5.74) is 2.18. The lowest BCUT2D eigenvalue weighted by atomic mass is 10.2. The first kappa shape index (κ1) is 20.6. The minimum Gasteiger partial charge on any atom is -0.457 e. The Hall–Kier alpha value is -3.68. The van der Waals surface area contributed by atoms with E-state index in [-0.39, 0.29) is 24.1 Å². The molecule has 31 heavy (non-hydrogen) atoms. The molecule has 0 saturated carbocycles. The smallest absolute Gasteiger partial charge is 0.247 e. The van der Waals surface area contributed by atoms with Crippen LogP contribution >= 0.6 is 0 Å². The topological polar surface area (TPSA) is 87.3 Å². The molecule has 2 amide bonds. The van der Waals surface area contributed by atoms with E-state index in [0.29, 0.717) is 35.8 Å². The van der Waals surface area contributed by atoms with Crippen LogP contribution in [0.15, 0.2) is 54.6 Å². The van der Waals surface area contributed by atoms with Gasteiger partial charge in [0.25, 0.3) is 0 Å². The van der Waals surface area contributed by atoms with Crippen LogP contribution in [0.4, 0.5) is 10.1 Å². The monoisotopic (exact) mass is 422 g/mol. The fourth-order valence-electron chi connectivity index (χ4n) is 3.63. The Bertz CT molecular complexity index is 1060. The van der Waals surface area contributed by atoms with Crippen LogP contribution in [0.2, 0.25) is 0 Å². The number of halogens is 1. The molecule has 1 saturated heterocycles. The summed E-state index contributed by atoms with van der Waals surface area (Å²) in [6.07, 6.45) is 1.58. The summed E-state index contributed by atoms with van der Waals surface area (Å²) in [5.74, 6) is 0.440. The van der Waals surface area contributed by atoms with Crippen molar-refractivity contribution in [2.45, 2.75) is 32.2 Å². The summed E-state index contributed by atoms with van der Waals surface area (Å²) in [6.45, 7) is 2.44. The quantitative estimate of drug-likeness (QED) is 0.632. The fourth-order valence-corrected chi connectivity index (χ4v) is 3.63. The van der Waals surface area contributed by atoms with Gasteiger partial charge in [-0.05, 0) is 74.4 Å². The Kier molecular flexibility index (Phi) is 5.97. The first-order valence-electron chi connectivity index (χ1n) is 10.1. The Morgan fingerprint density at radius 3 is 2.48 bits per heavy atom. The maximum Gasteiger partial charge on any atom is 0.247 e. The second kappa shape index (κ2) is 8.99. The van der Waals surface area contributed by atoms with Gasteiger partial charge in [-0.25, -0.2) is 4.39 Å². The van der Waals surface area contributed by atoms with Crippen molar-refractivity contribution in [2.24, 2.45) is 0 Å². The molecular weight excluding hydrogens is 399 g/mol. The van der Waals surface area contributed by atoms with Crippen LogP contribution in [0.3, 0.4) is 0 Å². The number of aromatic nitrogens is 2. The lowest BCUT2D eigenvalue weighted by molar-refractivity contribution is -0.136. The lowest BCUT2D eigenvalue weighted by Crippen LogP contribution is -2.43. The van der Waals surface area contributed by atoms with Gasteiger partial charge in [0.05, 0.1) is 12.1 Å². The van der Waals surface area contributed by atoms with E-state index in [1.54, 1.807) is 41.3 Å². The van der Waals surface area contributed by atoms with Crippen LogP contribution in [0.1, 0.15) is 24.2 Å². The Morgan fingerprint density at radius 2 is 1.84 bits per heavy atom. The Balaban J connectivity index is 1.35. The molecule has 1 fully saturated rings. The summed E-state index contributed by atoms with van der Waals surface area (Å²) in [4.78, 5) is 27.1. The number of H-pyrrole nitrogens is 1. The van der Waals surface area contributed by atoms with E-state index in [9.17, 15) is 14.0 Å². The van der Waals surface area contributed by atoms with E-state index in [0.717, 1.165) is 12.1 Å². The molecule has 0 aliphatic carbocycles. The van der Waals surface area contributed by atoms with Crippen molar-refractivity contribution in [2.75, 3.05) is 11.9 Å². The van der Waals surface area contributed by atoms with E-state index in [1.165, 1.54) is 12.1 Å². The molecule has 0 bridgehead atoms. The summed E-state index contributed by atoms with van der Waals surface area (Å²) in [7, 11) is 0. The molecule has 2 heterocycles. The van der Waals surface area contributed by atoms with Crippen molar-refractivity contribution >= 4 is 17.5 Å². The number of rotatable bonds is 6. The van der Waals surface area contributed by atoms with Crippen molar-refractivity contribution in [3.8, 4) is 11.5 Å². The fraction of sp³-hybridized carbons (Fsp3) is 0.261. The van der Waals surface area contributed by atoms with Crippen molar-refractivity contribution in [3.63, 3.8) is 0 Å². The summed E-state index contributed by atoms with van der Waals surface area (Å²) in [5, 5.41) is 9.81. The molecule has 3 aromatic rings. The second-order valence-corrected chi connectivity index (χ2v) is 7.53. The van der Waals surface area contributed by atoms with E-state index < -0.39 is 6.04 Å². The summed E-state index contributed by atoms with van der Waals surface area (Å²) in [6, 6.07) is 14.0. The van der Waals surface area contributed by atoms with E-state index >= 15 is 0 Å². The summed E-state index contributed by atoms with van der Waals surface area (Å²) < 4.78 is 18.6. The highest BCUT2D eigenvalue weighted by molar-refractivity contribution is 5.97. The number of ether oxygens (including phenoxy) is 1. The number of amides is 2. The summed E-state index contributed by atoms with van der Waals surface area (Å²) >= 11 is 0. The van der Waals surface area contributed by atoms with Crippen LogP contribution in [-0.4, -0.2) is 39.5 Å². The molecule has 1 aromatic heterocycles. The van der Waals surface area contributed by atoms with Crippen LogP contribution < -0.4 is 10.1 Å². The van der Waals surface area contributed by atoms with E-state index in [1.807, 2.05) is 13.0 Å². The van der Waals surface area contributed by atoms with Gasteiger partial charge in [0, 0.05) is 17.9 Å². The highest BCUT2D eigenvalue weighted by Crippen LogP contribution is 2.24. The zero-order chi connectivity index (χ0) is 21.8. The number of hydrogen-bond acceptors (Lipinski definition) is 4. The predicted octanol–water partition coefficient (Wildman–Crippen LogP) is 3.82. The molecule has 2 aromatic carbocycles. The van der Waals surface area contributed by atoms with E-state index in [2.05, 4.69) is 15.5 Å². The zero-order valence-electron chi connectivity index (χ0n) is 17.1. The van der Waals surface area contributed by atoms with Crippen LogP contribution in [0.5, 0.6) is 11.5 Å². The maximum absolute atomic E-state index is 13.0. The number of nitrogens with zero attached hydrogens (tertiary/aromatic N) is 2. The van der Waals surface area contributed by atoms with Gasteiger partial charge < -0.3 is 15.0 Å². The zero-order valence-corrected chi connectivity index (χ0v) is 17.1. The third kappa shape index (κ3) is 5.09.